The van der Waals surface area contributed by atoms with E-state index in [1.54, 1.807) is 0 Å². The van der Waals surface area contributed by atoms with Crippen LogP contribution in [0.15, 0.2) is 91.0 Å². The third-order valence-corrected chi connectivity index (χ3v) is 6.05. The summed E-state index contributed by atoms with van der Waals surface area (Å²) in [6, 6.07) is 22.1. The fraction of sp³-hybridized carbons (Fsp3) is 0.154. The molecule has 0 N–H and O–H groups in total. The average Bonchev–Trinajstić information content (AvgIpc) is 2.89. The number of hydrogen-bond acceptors (Lipinski definition) is 0. The molecule has 4 rings (SSSR count). The Morgan fingerprint density at radius 2 is 1.74 bits per heavy atom. The lowest BCUT2D eigenvalue weighted by Crippen LogP contribution is -2.15. The van der Waals surface area contributed by atoms with Crippen LogP contribution in [0.25, 0.3) is 27.5 Å². The fourth-order valence-corrected chi connectivity index (χ4v) is 4.75. The maximum atomic E-state index is 3.93. The van der Waals surface area contributed by atoms with Crippen molar-refractivity contribution in [3.05, 3.63) is 102 Å². The van der Waals surface area contributed by atoms with Gasteiger partial charge in [0, 0.05) is 9.84 Å². The number of hydrogen-bond donors (Lipinski definition) is 0. The molecule has 3 aromatic rings. The molecule has 1 heteroatoms. The van der Waals surface area contributed by atoms with Gasteiger partial charge >= 0.3 is 0 Å². The molecule has 27 heavy (non-hydrogen) atoms. The van der Waals surface area contributed by atoms with E-state index in [0.717, 1.165) is 4.43 Å². The molecule has 0 amide bonds. The van der Waals surface area contributed by atoms with Gasteiger partial charge in [0.1, 0.15) is 0 Å². The lowest BCUT2D eigenvalue weighted by molar-refractivity contribution is 0.660. The maximum absolute atomic E-state index is 3.93. The van der Waals surface area contributed by atoms with Crippen LogP contribution in [-0.2, 0) is 5.41 Å². The van der Waals surface area contributed by atoms with Crippen LogP contribution in [0.5, 0.6) is 0 Å². The average molecular weight is 462 g/mol. The Morgan fingerprint density at radius 1 is 0.963 bits per heavy atom. The van der Waals surface area contributed by atoms with E-state index in [2.05, 4.69) is 116 Å². The van der Waals surface area contributed by atoms with Crippen LogP contribution < -0.4 is 0 Å². The summed E-state index contributed by atoms with van der Waals surface area (Å²) in [5.41, 5.74) is 8.03. The molecule has 0 nitrogen and oxygen atoms in total. The number of allylic oxidation sites excluding steroid dienone is 5. The zero-order valence-corrected chi connectivity index (χ0v) is 18.0. The molecule has 3 aromatic carbocycles. The first kappa shape index (κ1) is 18.2. The molecule has 0 saturated heterocycles. The zero-order valence-electron chi connectivity index (χ0n) is 15.8. The SMILES string of the molecule is C=C/C=C1\C(=C/CI)C(C)(C)c2cc(-c3cccc4ccccc34)ccc21. The van der Waals surface area contributed by atoms with Gasteiger partial charge in [-0.25, -0.2) is 0 Å². The molecule has 0 bridgehead atoms. The predicted octanol–water partition coefficient (Wildman–Crippen LogP) is 7.73. The molecule has 0 fully saturated rings. The summed E-state index contributed by atoms with van der Waals surface area (Å²) in [5.74, 6) is 0. The topological polar surface area (TPSA) is 0 Å². The molecule has 0 radical (unpaired) electrons. The number of halogens is 1. The van der Waals surface area contributed by atoms with Crippen molar-refractivity contribution in [2.24, 2.45) is 0 Å². The summed E-state index contributed by atoms with van der Waals surface area (Å²) in [5, 5.41) is 2.59. The summed E-state index contributed by atoms with van der Waals surface area (Å²) in [6.07, 6.45) is 6.41. The van der Waals surface area contributed by atoms with Crippen LogP contribution in [-0.4, -0.2) is 4.43 Å². The van der Waals surface area contributed by atoms with Gasteiger partial charge in [-0.2, -0.15) is 0 Å². The first-order chi connectivity index (χ1) is 13.1. The number of rotatable bonds is 3. The number of benzene rings is 3. The second kappa shape index (κ2) is 7.12. The minimum atomic E-state index is -0.00403. The first-order valence-electron chi connectivity index (χ1n) is 9.30. The summed E-state index contributed by atoms with van der Waals surface area (Å²) < 4.78 is 1.01. The summed E-state index contributed by atoms with van der Waals surface area (Å²) in [7, 11) is 0. The lowest BCUT2D eigenvalue weighted by Gasteiger charge is -2.22. The van der Waals surface area contributed by atoms with Crippen molar-refractivity contribution in [1.29, 1.82) is 0 Å². The van der Waals surface area contributed by atoms with E-state index in [1.807, 2.05) is 6.08 Å². The van der Waals surface area contributed by atoms with Crippen LogP contribution in [0.2, 0.25) is 0 Å². The molecular formula is C26H23I. The van der Waals surface area contributed by atoms with Gasteiger partial charge in [0.2, 0.25) is 0 Å². The van der Waals surface area contributed by atoms with E-state index in [0.29, 0.717) is 0 Å². The monoisotopic (exact) mass is 462 g/mol. The Balaban J connectivity index is 1.95. The maximum Gasteiger partial charge on any atom is 0.0182 e. The minimum absolute atomic E-state index is 0.00403. The van der Waals surface area contributed by atoms with Crippen molar-refractivity contribution in [3.63, 3.8) is 0 Å². The van der Waals surface area contributed by atoms with E-state index < -0.39 is 0 Å². The van der Waals surface area contributed by atoms with E-state index in [-0.39, 0.29) is 5.41 Å². The van der Waals surface area contributed by atoms with Crippen molar-refractivity contribution in [2.75, 3.05) is 4.43 Å². The first-order valence-corrected chi connectivity index (χ1v) is 10.8. The van der Waals surface area contributed by atoms with Gasteiger partial charge in [0.25, 0.3) is 0 Å². The van der Waals surface area contributed by atoms with Crippen molar-refractivity contribution in [2.45, 2.75) is 19.3 Å². The van der Waals surface area contributed by atoms with Crippen molar-refractivity contribution >= 4 is 38.9 Å². The van der Waals surface area contributed by atoms with Gasteiger partial charge in [-0.3, -0.25) is 0 Å². The molecule has 0 heterocycles. The Bertz CT molecular complexity index is 1090. The van der Waals surface area contributed by atoms with Gasteiger partial charge < -0.3 is 0 Å². The van der Waals surface area contributed by atoms with Crippen molar-refractivity contribution in [3.8, 4) is 11.1 Å². The molecule has 1 aliphatic carbocycles. The Labute approximate surface area is 175 Å². The van der Waals surface area contributed by atoms with E-state index in [4.69, 9.17) is 0 Å². The highest BCUT2D eigenvalue weighted by Gasteiger charge is 2.37. The largest absolute Gasteiger partial charge is 0.0990 e. The van der Waals surface area contributed by atoms with E-state index in [1.165, 1.54) is 44.2 Å². The molecular weight excluding hydrogens is 439 g/mol. The standard InChI is InChI=1S/C26H23I/c1-4-8-22-23-14-13-19(17-25(23)26(2,3)24(22)15-16-27)21-12-7-10-18-9-5-6-11-20(18)21/h4-15,17H,1,16H2,2-3H3/b22-8-,24-15+. The third kappa shape index (κ3) is 2.98. The third-order valence-electron chi connectivity index (χ3n) is 5.61. The highest BCUT2D eigenvalue weighted by Crippen LogP contribution is 2.50. The van der Waals surface area contributed by atoms with Gasteiger partial charge in [0.15, 0.2) is 0 Å². The highest BCUT2D eigenvalue weighted by atomic mass is 127. The minimum Gasteiger partial charge on any atom is -0.0990 e. The van der Waals surface area contributed by atoms with Crippen molar-refractivity contribution in [1.82, 2.24) is 0 Å². The molecule has 0 atom stereocenters. The summed E-state index contributed by atoms with van der Waals surface area (Å²) >= 11 is 2.43. The molecule has 0 spiro atoms. The molecule has 1 aliphatic rings. The lowest BCUT2D eigenvalue weighted by atomic mass is 9.81. The molecule has 0 saturated carbocycles. The number of fused-ring (bicyclic) bond motifs is 2. The van der Waals surface area contributed by atoms with Gasteiger partial charge in [-0.1, -0.05) is 116 Å². The smallest absolute Gasteiger partial charge is 0.0182 e. The van der Waals surface area contributed by atoms with Crippen LogP contribution >= 0.6 is 22.6 Å². The summed E-state index contributed by atoms with van der Waals surface area (Å²) in [4.78, 5) is 0. The molecule has 134 valence electrons. The highest BCUT2D eigenvalue weighted by molar-refractivity contribution is 14.1. The predicted molar refractivity (Wildman–Crippen MR) is 128 cm³/mol. The Morgan fingerprint density at radius 3 is 2.52 bits per heavy atom. The number of alkyl halides is 1. The van der Waals surface area contributed by atoms with Crippen LogP contribution in [0.4, 0.5) is 0 Å². The van der Waals surface area contributed by atoms with Gasteiger partial charge in [0.05, 0.1) is 0 Å². The van der Waals surface area contributed by atoms with E-state index >= 15 is 0 Å². The summed E-state index contributed by atoms with van der Waals surface area (Å²) in [6.45, 7) is 8.60. The fourth-order valence-electron chi connectivity index (χ4n) is 4.31. The Hall–Kier alpha value is -2.13. The second-order valence-corrected chi connectivity index (χ2v) is 8.38. The van der Waals surface area contributed by atoms with E-state index in [9.17, 15) is 0 Å². The zero-order chi connectivity index (χ0) is 19.0. The van der Waals surface area contributed by atoms with Crippen LogP contribution in [0, 0.1) is 0 Å². The van der Waals surface area contributed by atoms with Crippen LogP contribution in [0.1, 0.15) is 25.0 Å². The quantitative estimate of drug-likeness (QED) is 0.276. The molecule has 0 aromatic heterocycles. The normalized spacial score (nSPS) is 18.2. The second-order valence-electron chi connectivity index (χ2n) is 7.50. The molecule has 0 aliphatic heterocycles. The van der Waals surface area contributed by atoms with Gasteiger partial charge in [-0.05, 0) is 50.2 Å². The molecule has 0 unspecified atom stereocenters. The van der Waals surface area contributed by atoms with Gasteiger partial charge in [-0.15, -0.1) is 0 Å². The van der Waals surface area contributed by atoms with Crippen LogP contribution in [0.3, 0.4) is 0 Å². The van der Waals surface area contributed by atoms with Crippen molar-refractivity contribution < 1.29 is 0 Å². The Kier molecular flexibility index (Phi) is 4.81.